The Labute approximate surface area is 151 Å². The Hall–Kier alpha value is -3.34. The number of amides is 1. The highest BCUT2D eigenvalue weighted by Gasteiger charge is 2.08. The van der Waals surface area contributed by atoms with Gasteiger partial charge in [0.1, 0.15) is 5.82 Å². The van der Waals surface area contributed by atoms with Crippen LogP contribution in [0.5, 0.6) is 0 Å². The average Bonchev–Trinajstić information content (AvgIpc) is 3.30. The maximum Gasteiger partial charge on any atom is 0.291 e. The number of nitrogens with zero attached hydrogens (tertiary/aromatic N) is 1. The first-order valence-electron chi connectivity index (χ1n) is 8.56. The van der Waals surface area contributed by atoms with Crippen molar-refractivity contribution >= 4 is 22.6 Å². The summed E-state index contributed by atoms with van der Waals surface area (Å²) in [5.74, 6) is 1.04. The van der Waals surface area contributed by atoms with Crippen molar-refractivity contribution in [3.05, 3.63) is 83.6 Å². The highest BCUT2D eigenvalue weighted by atomic mass is 16.3. The average molecular weight is 345 g/mol. The molecule has 130 valence electrons. The second-order valence-corrected chi connectivity index (χ2v) is 6.33. The van der Waals surface area contributed by atoms with Crippen molar-refractivity contribution in [3.63, 3.8) is 0 Å². The second-order valence-electron chi connectivity index (χ2n) is 6.33. The summed E-state index contributed by atoms with van der Waals surface area (Å²) in [5, 5.41) is 2.82. The van der Waals surface area contributed by atoms with Crippen LogP contribution in [0.15, 0.2) is 65.3 Å². The maximum atomic E-state index is 12.0. The van der Waals surface area contributed by atoms with Gasteiger partial charge in [0.2, 0.25) is 0 Å². The van der Waals surface area contributed by atoms with Gasteiger partial charge >= 0.3 is 0 Å². The van der Waals surface area contributed by atoms with Crippen LogP contribution in [-0.4, -0.2) is 15.9 Å². The Bertz CT molecular complexity index is 1030. The van der Waals surface area contributed by atoms with E-state index in [2.05, 4.69) is 34.3 Å². The van der Waals surface area contributed by atoms with Crippen LogP contribution in [0, 0.1) is 6.92 Å². The first-order valence-corrected chi connectivity index (χ1v) is 8.56. The zero-order valence-corrected chi connectivity index (χ0v) is 14.5. The summed E-state index contributed by atoms with van der Waals surface area (Å²) >= 11 is 0. The van der Waals surface area contributed by atoms with E-state index in [1.165, 1.54) is 17.4 Å². The molecule has 0 atom stereocenters. The van der Waals surface area contributed by atoms with Gasteiger partial charge in [-0.3, -0.25) is 4.79 Å². The van der Waals surface area contributed by atoms with E-state index in [0.29, 0.717) is 5.76 Å². The predicted octanol–water partition coefficient (Wildman–Crippen LogP) is 4.50. The van der Waals surface area contributed by atoms with Gasteiger partial charge < -0.3 is 14.7 Å². The third kappa shape index (κ3) is 3.52. The number of H-pyrrole nitrogens is 1. The largest absolute Gasteiger partial charge is 0.459 e. The van der Waals surface area contributed by atoms with Crippen molar-refractivity contribution in [2.75, 3.05) is 5.32 Å². The Morgan fingerprint density at radius 2 is 1.96 bits per heavy atom. The van der Waals surface area contributed by atoms with E-state index in [9.17, 15) is 4.79 Å². The molecule has 4 aromatic rings. The van der Waals surface area contributed by atoms with Gasteiger partial charge in [0.05, 0.1) is 17.3 Å². The molecule has 2 aromatic carbocycles. The molecule has 0 aliphatic carbocycles. The Balaban J connectivity index is 1.38. The fourth-order valence-electron chi connectivity index (χ4n) is 2.91. The number of furan rings is 1. The molecule has 5 nitrogen and oxygen atoms in total. The fraction of sp³-hybridized carbons (Fsp3) is 0.143. The molecular formula is C21H19N3O2. The molecule has 0 aliphatic rings. The summed E-state index contributed by atoms with van der Waals surface area (Å²) in [6.45, 7) is 2.08. The fourth-order valence-corrected chi connectivity index (χ4v) is 2.91. The molecule has 2 aromatic heterocycles. The van der Waals surface area contributed by atoms with E-state index in [-0.39, 0.29) is 5.91 Å². The molecule has 0 unspecified atom stereocenters. The standard InChI is InChI=1S/C21H19N3O2/c1-14-4-10-17-18(13-14)24-20(23-17)11-7-15-5-8-16(9-6-15)22-21(25)19-3-2-12-26-19/h2-6,8-10,12-13H,7,11H2,1H3,(H,22,25)(H,23,24). The number of aromatic nitrogens is 2. The summed E-state index contributed by atoms with van der Waals surface area (Å²) in [6, 6.07) is 17.4. The summed E-state index contributed by atoms with van der Waals surface area (Å²) in [4.78, 5) is 20.0. The lowest BCUT2D eigenvalue weighted by atomic mass is 10.1. The Morgan fingerprint density at radius 1 is 1.12 bits per heavy atom. The van der Waals surface area contributed by atoms with Crippen LogP contribution in [0.3, 0.4) is 0 Å². The maximum absolute atomic E-state index is 12.0. The molecular weight excluding hydrogens is 326 g/mol. The van der Waals surface area contributed by atoms with Crippen LogP contribution in [-0.2, 0) is 12.8 Å². The summed E-state index contributed by atoms with van der Waals surface area (Å²) in [6.07, 6.45) is 3.20. The van der Waals surface area contributed by atoms with E-state index in [1.54, 1.807) is 12.1 Å². The normalized spacial score (nSPS) is 11.0. The van der Waals surface area contributed by atoms with Crippen molar-refractivity contribution < 1.29 is 9.21 Å². The summed E-state index contributed by atoms with van der Waals surface area (Å²) < 4.78 is 5.09. The van der Waals surface area contributed by atoms with Gasteiger partial charge in [-0.05, 0) is 60.9 Å². The van der Waals surface area contributed by atoms with Crippen molar-refractivity contribution in [3.8, 4) is 0 Å². The molecule has 0 bridgehead atoms. The van der Waals surface area contributed by atoms with Crippen LogP contribution in [0.2, 0.25) is 0 Å². The first-order chi connectivity index (χ1) is 12.7. The lowest BCUT2D eigenvalue weighted by molar-refractivity contribution is 0.0996. The molecule has 0 radical (unpaired) electrons. The molecule has 5 heteroatoms. The summed E-state index contributed by atoms with van der Waals surface area (Å²) in [7, 11) is 0. The number of aryl methyl sites for hydroxylation is 3. The highest BCUT2D eigenvalue weighted by Crippen LogP contribution is 2.16. The highest BCUT2D eigenvalue weighted by molar-refractivity contribution is 6.02. The van der Waals surface area contributed by atoms with Crippen LogP contribution in [0.1, 0.15) is 27.5 Å². The zero-order valence-electron chi connectivity index (χ0n) is 14.5. The summed E-state index contributed by atoms with van der Waals surface area (Å²) in [5.41, 5.74) is 5.24. The third-order valence-corrected chi connectivity index (χ3v) is 4.29. The van der Waals surface area contributed by atoms with Gasteiger partial charge in [-0.15, -0.1) is 0 Å². The minimum atomic E-state index is -0.250. The number of anilines is 1. The SMILES string of the molecule is Cc1ccc2nc(CCc3ccc(NC(=O)c4ccco4)cc3)[nH]c2c1. The monoisotopic (exact) mass is 345 g/mol. The van der Waals surface area contributed by atoms with Gasteiger partial charge in [-0.1, -0.05) is 18.2 Å². The van der Waals surface area contributed by atoms with Crippen LogP contribution >= 0.6 is 0 Å². The van der Waals surface area contributed by atoms with E-state index < -0.39 is 0 Å². The van der Waals surface area contributed by atoms with Gasteiger partial charge in [0, 0.05) is 12.1 Å². The number of aromatic amines is 1. The zero-order chi connectivity index (χ0) is 17.9. The minimum Gasteiger partial charge on any atom is -0.459 e. The lowest BCUT2D eigenvalue weighted by Crippen LogP contribution is -2.10. The predicted molar refractivity (Wildman–Crippen MR) is 101 cm³/mol. The molecule has 26 heavy (non-hydrogen) atoms. The van der Waals surface area contributed by atoms with Crippen molar-refractivity contribution in [1.82, 2.24) is 9.97 Å². The second kappa shape index (κ2) is 6.88. The number of rotatable bonds is 5. The smallest absolute Gasteiger partial charge is 0.291 e. The number of benzene rings is 2. The molecule has 0 saturated heterocycles. The van der Waals surface area contributed by atoms with Gasteiger partial charge in [0.25, 0.3) is 5.91 Å². The number of hydrogen-bond acceptors (Lipinski definition) is 3. The van der Waals surface area contributed by atoms with Crippen LogP contribution in [0.4, 0.5) is 5.69 Å². The van der Waals surface area contributed by atoms with Crippen molar-refractivity contribution in [2.24, 2.45) is 0 Å². The van der Waals surface area contributed by atoms with Crippen LogP contribution < -0.4 is 5.32 Å². The van der Waals surface area contributed by atoms with Gasteiger partial charge in [-0.2, -0.15) is 0 Å². The lowest BCUT2D eigenvalue weighted by Gasteiger charge is -2.05. The molecule has 2 heterocycles. The first kappa shape index (κ1) is 16.1. The molecule has 2 N–H and O–H groups in total. The van der Waals surface area contributed by atoms with Crippen molar-refractivity contribution in [2.45, 2.75) is 19.8 Å². The Morgan fingerprint density at radius 3 is 2.73 bits per heavy atom. The molecule has 4 rings (SSSR count). The molecule has 1 amide bonds. The number of carbonyl (C=O) groups excluding carboxylic acids is 1. The topological polar surface area (TPSA) is 70.9 Å². The third-order valence-electron chi connectivity index (χ3n) is 4.29. The number of fused-ring (bicyclic) bond motifs is 1. The number of carbonyl (C=O) groups is 1. The Kier molecular flexibility index (Phi) is 4.27. The number of hydrogen-bond donors (Lipinski definition) is 2. The molecule has 0 fully saturated rings. The van der Waals surface area contributed by atoms with Gasteiger partial charge in [0.15, 0.2) is 5.76 Å². The minimum absolute atomic E-state index is 0.250. The van der Waals surface area contributed by atoms with E-state index in [4.69, 9.17) is 4.42 Å². The quantitative estimate of drug-likeness (QED) is 0.559. The van der Waals surface area contributed by atoms with E-state index >= 15 is 0 Å². The molecule has 0 saturated carbocycles. The molecule has 0 spiro atoms. The van der Waals surface area contributed by atoms with E-state index in [1.807, 2.05) is 30.3 Å². The van der Waals surface area contributed by atoms with Crippen LogP contribution in [0.25, 0.3) is 11.0 Å². The number of nitrogens with one attached hydrogen (secondary N) is 2. The number of imidazole rings is 1. The van der Waals surface area contributed by atoms with Gasteiger partial charge in [-0.25, -0.2) is 4.98 Å². The van der Waals surface area contributed by atoms with Crippen molar-refractivity contribution in [1.29, 1.82) is 0 Å². The molecule has 0 aliphatic heterocycles. The van der Waals surface area contributed by atoms with E-state index in [0.717, 1.165) is 35.4 Å².